The van der Waals surface area contributed by atoms with Crippen molar-refractivity contribution in [1.82, 2.24) is 0 Å². The van der Waals surface area contributed by atoms with Crippen LogP contribution in [0.4, 0.5) is 10.7 Å². The summed E-state index contributed by atoms with van der Waals surface area (Å²) in [6.07, 6.45) is 3.83. The molecule has 4 aromatic rings. The van der Waals surface area contributed by atoms with Gasteiger partial charge in [-0.3, -0.25) is 4.79 Å². The van der Waals surface area contributed by atoms with Crippen molar-refractivity contribution >= 4 is 60.8 Å². The summed E-state index contributed by atoms with van der Waals surface area (Å²) in [6, 6.07) is 14.9. The number of anilines is 1. The van der Waals surface area contributed by atoms with E-state index in [9.17, 15) is 9.59 Å². The highest BCUT2D eigenvalue weighted by atomic mass is 79.9. The number of fused-ring (bicyclic) bond motifs is 2. The van der Waals surface area contributed by atoms with E-state index in [2.05, 4.69) is 21.2 Å². The highest BCUT2D eigenvalue weighted by Gasteiger charge is 2.27. The molecular formula is C28H25BrN2O4S. The summed E-state index contributed by atoms with van der Waals surface area (Å²) in [4.78, 5) is 32.3. The molecule has 0 saturated heterocycles. The van der Waals surface area contributed by atoms with E-state index in [4.69, 9.17) is 14.1 Å². The molecule has 5 rings (SSSR count). The van der Waals surface area contributed by atoms with E-state index in [0.717, 1.165) is 51.5 Å². The number of hydrogen-bond donors (Lipinski definition) is 1. The summed E-state index contributed by atoms with van der Waals surface area (Å²) >= 11 is 4.96. The molecule has 1 amide bonds. The minimum absolute atomic E-state index is 0.152. The second-order valence-electron chi connectivity index (χ2n) is 8.69. The lowest BCUT2D eigenvalue weighted by atomic mass is 9.95. The number of carbonyl (C=O) groups excluding carboxylic acids is 2. The van der Waals surface area contributed by atoms with Crippen LogP contribution in [0.5, 0.6) is 0 Å². The van der Waals surface area contributed by atoms with Crippen LogP contribution in [0.1, 0.15) is 56.5 Å². The molecule has 2 heterocycles. The fourth-order valence-electron chi connectivity index (χ4n) is 4.40. The van der Waals surface area contributed by atoms with Gasteiger partial charge < -0.3 is 14.5 Å². The highest BCUT2D eigenvalue weighted by Crippen LogP contribution is 2.40. The van der Waals surface area contributed by atoms with Crippen LogP contribution in [0, 0.1) is 6.92 Å². The monoisotopic (exact) mass is 564 g/mol. The molecule has 0 fully saturated rings. The first-order valence-corrected chi connectivity index (χ1v) is 13.5. The number of amides is 1. The minimum atomic E-state index is -0.383. The van der Waals surface area contributed by atoms with Crippen molar-refractivity contribution in [3.63, 3.8) is 0 Å². The Morgan fingerprint density at radius 3 is 2.78 bits per heavy atom. The van der Waals surface area contributed by atoms with Gasteiger partial charge >= 0.3 is 5.97 Å². The standard InChI is InChI=1S/C28H25BrN2O4S/c1-3-34-28(33)24-20-9-4-5-10-23(20)36-27(24)31-26-21(15-17-14-18(29)11-12-22(17)35-26)25(32)30-19-8-6-7-16(2)13-19/h6-8,11-15H,3-5,9-10H2,1-2H3,(H,30,32). The van der Waals surface area contributed by atoms with E-state index in [1.165, 1.54) is 11.3 Å². The predicted octanol–water partition coefficient (Wildman–Crippen LogP) is 7.11. The van der Waals surface area contributed by atoms with Gasteiger partial charge in [0.15, 0.2) is 0 Å². The molecule has 0 radical (unpaired) electrons. The maximum atomic E-state index is 13.4. The Kier molecular flexibility index (Phi) is 7.07. The van der Waals surface area contributed by atoms with Crippen LogP contribution < -0.4 is 10.9 Å². The Morgan fingerprint density at radius 2 is 1.97 bits per heavy atom. The molecule has 36 heavy (non-hydrogen) atoms. The van der Waals surface area contributed by atoms with Crippen molar-refractivity contribution in [2.75, 3.05) is 11.9 Å². The molecular weight excluding hydrogens is 540 g/mol. The zero-order chi connectivity index (χ0) is 25.2. The second kappa shape index (κ2) is 10.4. The van der Waals surface area contributed by atoms with Gasteiger partial charge in [-0.05, 0) is 87.1 Å². The van der Waals surface area contributed by atoms with Crippen molar-refractivity contribution in [2.45, 2.75) is 39.5 Å². The van der Waals surface area contributed by atoms with Crippen molar-refractivity contribution in [2.24, 2.45) is 4.99 Å². The van der Waals surface area contributed by atoms with Gasteiger partial charge in [0, 0.05) is 20.4 Å². The molecule has 2 aromatic heterocycles. The van der Waals surface area contributed by atoms with Gasteiger partial charge in [0.05, 0.1) is 12.2 Å². The molecule has 0 spiro atoms. The summed E-state index contributed by atoms with van der Waals surface area (Å²) in [5.41, 5.74) is 4.24. The summed E-state index contributed by atoms with van der Waals surface area (Å²) in [7, 11) is 0. The zero-order valence-electron chi connectivity index (χ0n) is 20.0. The first-order chi connectivity index (χ1) is 17.4. The molecule has 1 aliphatic carbocycles. The van der Waals surface area contributed by atoms with E-state index in [1.54, 1.807) is 13.0 Å². The number of carbonyl (C=O) groups is 2. The molecule has 2 aromatic carbocycles. The number of ether oxygens (including phenoxy) is 1. The predicted molar refractivity (Wildman–Crippen MR) is 145 cm³/mol. The fourth-order valence-corrected chi connectivity index (χ4v) is 6.03. The molecule has 8 heteroatoms. The Hall–Kier alpha value is -3.23. The van der Waals surface area contributed by atoms with Crippen molar-refractivity contribution in [1.29, 1.82) is 0 Å². The third-order valence-electron chi connectivity index (χ3n) is 6.06. The molecule has 6 nitrogen and oxygen atoms in total. The quantitative estimate of drug-likeness (QED) is 0.262. The number of rotatable bonds is 5. The SMILES string of the molecule is CCOC(=O)c1c(N=c2oc3ccc(Br)cc3cc2C(=O)Nc2cccc(C)c2)sc2c1CCCC2. The Balaban J connectivity index is 1.69. The Morgan fingerprint density at radius 1 is 1.14 bits per heavy atom. The first kappa shape index (κ1) is 24.5. The van der Waals surface area contributed by atoms with Crippen LogP contribution in [0.15, 0.2) is 62.4 Å². The number of halogens is 1. The largest absolute Gasteiger partial charge is 0.462 e. The maximum absolute atomic E-state index is 13.4. The van der Waals surface area contributed by atoms with Crippen LogP contribution in [0.2, 0.25) is 0 Å². The van der Waals surface area contributed by atoms with E-state index < -0.39 is 0 Å². The average molecular weight is 565 g/mol. The Labute approximate surface area is 221 Å². The topological polar surface area (TPSA) is 80.9 Å². The first-order valence-electron chi connectivity index (χ1n) is 11.9. The van der Waals surface area contributed by atoms with Gasteiger partial charge in [-0.15, -0.1) is 11.3 Å². The fraction of sp³-hybridized carbons (Fsp3) is 0.250. The summed E-state index contributed by atoms with van der Waals surface area (Å²) in [5, 5.41) is 4.23. The third-order valence-corrected chi connectivity index (χ3v) is 7.74. The molecule has 0 atom stereocenters. The molecule has 0 bridgehead atoms. The third kappa shape index (κ3) is 5.01. The molecule has 1 aliphatic rings. The van der Waals surface area contributed by atoms with Gasteiger partial charge in [-0.25, -0.2) is 9.79 Å². The smallest absolute Gasteiger partial charge is 0.341 e. The lowest BCUT2D eigenvalue weighted by molar-refractivity contribution is 0.0526. The van der Waals surface area contributed by atoms with E-state index in [0.29, 0.717) is 21.8 Å². The molecule has 0 saturated carbocycles. The lowest BCUT2D eigenvalue weighted by Gasteiger charge is -2.11. The number of benzene rings is 2. The molecule has 0 unspecified atom stereocenters. The van der Waals surface area contributed by atoms with E-state index >= 15 is 0 Å². The van der Waals surface area contributed by atoms with Gasteiger partial charge in [0.2, 0.25) is 5.55 Å². The van der Waals surface area contributed by atoms with E-state index in [-0.39, 0.29) is 29.6 Å². The molecule has 0 aliphatic heterocycles. The summed E-state index contributed by atoms with van der Waals surface area (Å²) in [6.45, 7) is 4.04. The summed E-state index contributed by atoms with van der Waals surface area (Å²) in [5.74, 6) is -0.727. The Bertz CT molecular complexity index is 1550. The van der Waals surface area contributed by atoms with Gasteiger partial charge in [-0.2, -0.15) is 0 Å². The van der Waals surface area contributed by atoms with Crippen molar-refractivity contribution in [3.05, 3.63) is 85.7 Å². The normalized spacial score (nSPS) is 13.5. The van der Waals surface area contributed by atoms with Crippen LogP contribution in [0.25, 0.3) is 11.0 Å². The van der Waals surface area contributed by atoms with Gasteiger partial charge in [-0.1, -0.05) is 28.1 Å². The zero-order valence-corrected chi connectivity index (χ0v) is 22.4. The lowest BCUT2D eigenvalue weighted by Crippen LogP contribution is -2.21. The van der Waals surface area contributed by atoms with Crippen LogP contribution >= 0.6 is 27.3 Å². The second-order valence-corrected chi connectivity index (χ2v) is 10.7. The maximum Gasteiger partial charge on any atom is 0.341 e. The number of thiophene rings is 1. The number of nitrogens with zero attached hydrogens (tertiary/aromatic N) is 1. The van der Waals surface area contributed by atoms with Gasteiger partial charge in [0.25, 0.3) is 5.91 Å². The minimum Gasteiger partial charge on any atom is -0.462 e. The van der Waals surface area contributed by atoms with Crippen molar-refractivity contribution in [3.8, 4) is 0 Å². The number of aryl methyl sites for hydroxylation is 2. The summed E-state index contributed by atoms with van der Waals surface area (Å²) < 4.78 is 12.4. The van der Waals surface area contributed by atoms with Crippen LogP contribution in [-0.2, 0) is 17.6 Å². The highest BCUT2D eigenvalue weighted by molar-refractivity contribution is 9.10. The number of nitrogens with one attached hydrogen (secondary N) is 1. The van der Waals surface area contributed by atoms with Gasteiger partial charge in [0.1, 0.15) is 16.1 Å². The molecule has 1 N–H and O–H groups in total. The molecule has 184 valence electrons. The van der Waals surface area contributed by atoms with E-state index in [1.807, 2.05) is 49.4 Å². The van der Waals surface area contributed by atoms with Crippen molar-refractivity contribution < 1.29 is 18.7 Å². The number of esters is 1. The average Bonchev–Trinajstić information content (AvgIpc) is 3.22. The van der Waals surface area contributed by atoms with Crippen LogP contribution in [-0.4, -0.2) is 18.5 Å². The number of hydrogen-bond acceptors (Lipinski definition) is 6. The van der Waals surface area contributed by atoms with Crippen LogP contribution in [0.3, 0.4) is 0 Å².